The van der Waals surface area contributed by atoms with Crippen LogP contribution in [0.15, 0.2) is 47.5 Å². The van der Waals surface area contributed by atoms with E-state index in [2.05, 4.69) is 21.7 Å². The van der Waals surface area contributed by atoms with E-state index >= 15 is 0 Å². The van der Waals surface area contributed by atoms with Crippen LogP contribution in [0.3, 0.4) is 0 Å². The van der Waals surface area contributed by atoms with Crippen LogP contribution in [-0.4, -0.2) is 19.3 Å². The Morgan fingerprint density at radius 1 is 1.12 bits per heavy atom. The Hall–Kier alpha value is -1.79. The average Bonchev–Trinajstić information content (AvgIpc) is 2.64. The van der Waals surface area contributed by atoms with Crippen molar-refractivity contribution < 1.29 is 4.39 Å². The van der Waals surface area contributed by atoms with Crippen molar-refractivity contribution in [1.29, 1.82) is 5.26 Å². The van der Waals surface area contributed by atoms with Crippen molar-refractivity contribution in [2.75, 3.05) is 13.3 Å². The van der Waals surface area contributed by atoms with Gasteiger partial charge in [0.25, 0.3) is 0 Å². The van der Waals surface area contributed by atoms with Gasteiger partial charge in [-0.2, -0.15) is 17.0 Å². The molecule has 0 unspecified atom stereocenters. The van der Waals surface area contributed by atoms with Gasteiger partial charge in [-0.05, 0) is 47.2 Å². The fraction of sp³-hybridized carbons (Fsp3) is 0.263. The highest BCUT2D eigenvalue weighted by atomic mass is 127. The van der Waals surface area contributed by atoms with Gasteiger partial charge in [-0.3, -0.25) is 4.99 Å². The molecule has 0 atom stereocenters. The molecule has 0 aliphatic heterocycles. The van der Waals surface area contributed by atoms with Crippen LogP contribution in [0.2, 0.25) is 0 Å². The summed E-state index contributed by atoms with van der Waals surface area (Å²) in [6, 6.07) is 14.4. The van der Waals surface area contributed by atoms with E-state index in [0.29, 0.717) is 24.6 Å². The zero-order valence-corrected chi connectivity index (χ0v) is 17.9. The highest BCUT2D eigenvalue weighted by molar-refractivity contribution is 14.0. The molecule has 0 aromatic heterocycles. The summed E-state index contributed by atoms with van der Waals surface area (Å²) in [5, 5.41) is 15.3. The zero-order valence-electron chi connectivity index (χ0n) is 14.8. The summed E-state index contributed by atoms with van der Waals surface area (Å²) >= 11 is 1.66. The van der Waals surface area contributed by atoms with Gasteiger partial charge in [0.05, 0.1) is 11.6 Å². The van der Waals surface area contributed by atoms with Gasteiger partial charge in [-0.25, -0.2) is 4.39 Å². The number of guanidine groups is 1. The van der Waals surface area contributed by atoms with Crippen molar-refractivity contribution >= 4 is 41.7 Å². The van der Waals surface area contributed by atoms with Crippen LogP contribution in [0.4, 0.5) is 4.39 Å². The lowest BCUT2D eigenvalue weighted by atomic mass is 10.1. The number of nitrogens with one attached hydrogen (secondary N) is 2. The summed E-state index contributed by atoms with van der Waals surface area (Å²) in [5.41, 5.74) is 3.75. The van der Waals surface area contributed by atoms with Crippen molar-refractivity contribution in [1.82, 2.24) is 10.6 Å². The van der Waals surface area contributed by atoms with E-state index in [0.717, 1.165) is 22.4 Å². The van der Waals surface area contributed by atoms with E-state index in [-0.39, 0.29) is 29.8 Å². The van der Waals surface area contributed by atoms with Crippen LogP contribution >= 0.6 is 35.7 Å². The first-order chi connectivity index (χ1) is 12.2. The summed E-state index contributed by atoms with van der Waals surface area (Å²) in [6.07, 6.45) is 2.00. The third-order valence-electron chi connectivity index (χ3n) is 3.68. The minimum Gasteiger partial charge on any atom is -0.352 e. The van der Waals surface area contributed by atoms with Crippen molar-refractivity contribution in [3.63, 3.8) is 0 Å². The summed E-state index contributed by atoms with van der Waals surface area (Å²) in [4.78, 5) is 4.21. The van der Waals surface area contributed by atoms with E-state index in [4.69, 9.17) is 5.26 Å². The Balaban J connectivity index is 0.00000338. The largest absolute Gasteiger partial charge is 0.352 e. The summed E-state index contributed by atoms with van der Waals surface area (Å²) in [7, 11) is 1.71. The van der Waals surface area contributed by atoms with Gasteiger partial charge in [-0.1, -0.05) is 18.2 Å². The Bertz CT molecular complexity index is 772. The number of benzene rings is 2. The first-order valence-electron chi connectivity index (χ1n) is 7.86. The van der Waals surface area contributed by atoms with E-state index in [9.17, 15) is 4.39 Å². The third kappa shape index (κ3) is 6.84. The number of halogens is 2. The molecule has 7 heteroatoms. The standard InChI is InChI=1S/C19H21FN4S.HI/c1-22-19(23-11-15-5-3-14(10-21)4-6-15)24-12-16-7-8-18(20)9-17(16)13-25-2;/h3-9H,11-13H2,1-2H3,(H2,22,23,24);1H. The molecule has 0 saturated carbocycles. The number of thioether (sulfide) groups is 1. The Labute approximate surface area is 175 Å². The lowest BCUT2D eigenvalue weighted by Gasteiger charge is -2.14. The smallest absolute Gasteiger partial charge is 0.191 e. The molecule has 2 N–H and O–H groups in total. The molecule has 2 rings (SSSR count). The van der Waals surface area contributed by atoms with Crippen molar-refractivity contribution in [2.45, 2.75) is 18.8 Å². The quantitative estimate of drug-likeness (QED) is 0.369. The molecular weight excluding hydrogens is 462 g/mol. The molecule has 0 aliphatic carbocycles. The molecule has 4 nitrogen and oxygen atoms in total. The van der Waals surface area contributed by atoms with Crippen molar-refractivity contribution in [2.24, 2.45) is 4.99 Å². The van der Waals surface area contributed by atoms with Crippen LogP contribution in [0.5, 0.6) is 0 Å². The Morgan fingerprint density at radius 3 is 2.42 bits per heavy atom. The topological polar surface area (TPSA) is 60.2 Å². The molecule has 0 aliphatic rings. The van der Waals surface area contributed by atoms with Gasteiger partial charge in [0.2, 0.25) is 0 Å². The summed E-state index contributed by atoms with van der Waals surface area (Å²) < 4.78 is 13.4. The van der Waals surface area contributed by atoms with Crippen LogP contribution in [0.25, 0.3) is 0 Å². The number of hydrogen-bond donors (Lipinski definition) is 2. The van der Waals surface area contributed by atoms with E-state index < -0.39 is 0 Å². The Morgan fingerprint density at radius 2 is 1.81 bits per heavy atom. The van der Waals surface area contributed by atoms with Crippen LogP contribution in [0.1, 0.15) is 22.3 Å². The molecule has 2 aromatic rings. The monoisotopic (exact) mass is 484 g/mol. The highest BCUT2D eigenvalue weighted by Gasteiger charge is 2.05. The second-order valence-electron chi connectivity index (χ2n) is 5.43. The first kappa shape index (κ1) is 22.3. The van der Waals surface area contributed by atoms with Gasteiger partial charge in [-0.15, -0.1) is 24.0 Å². The van der Waals surface area contributed by atoms with E-state index in [1.54, 1.807) is 37.0 Å². The molecule has 0 spiro atoms. The van der Waals surface area contributed by atoms with Crippen LogP contribution in [-0.2, 0) is 18.8 Å². The fourth-order valence-corrected chi connectivity index (χ4v) is 2.92. The predicted molar refractivity (Wildman–Crippen MR) is 117 cm³/mol. The normalized spacial score (nSPS) is 10.6. The lowest BCUT2D eigenvalue weighted by Crippen LogP contribution is -2.36. The van der Waals surface area contributed by atoms with Crippen LogP contribution < -0.4 is 10.6 Å². The second kappa shape index (κ2) is 11.8. The zero-order chi connectivity index (χ0) is 18.1. The number of nitrogens with zero attached hydrogens (tertiary/aromatic N) is 2. The number of rotatable bonds is 6. The predicted octanol–water partition coefficient (Wildman–Crippen LogP) is 4.04. The highest BCUT2D eigenvalue weighted by Crippen LogP contribution is 2.16. The lowest BCUT2D eigenvalue weighted by molar-refractivity contribution is 0.625. The maximum Gasteiger partial charge on any atom is 0.191 e. The minimum atomic E-state index is -0.212. The number of hydrogen-bond acceptors (Lipinski definition) is 3. The average molecular weight is 484 g/mol. The fourth-order valence-electron chi connectivity index (χ4n) is 2.34. The molecule has 2 aromatic carbocycles. The van der Waals surface area contributed by atoms with Gasteiger partial charge in [0.15, 0.2) is 5.96 Å². The molecule has 0 fully saturated rings. The molecule has 0 saturated heterocycles. The minimum absolute atomic E-state index is 0. The molecule has 138 valence electrons. The molecule has 26 heavy (non-hydrogen) atoms. The number of aliphatic imine (C=N–C) groups is 1. The van der Waals surface area contributed by atoms with Crippen molar-refractivity contribution in [3.05, 3.63) is 70.5 Å². The molecule has 0 amide bonds. The second-order valence-corrected chi connectivity index (χ2v) is 6.30. The molecule has 0 bridgehead atoms. The SMILES string of the molecule is CN=C(NCc1ccc(C#N)cc1)NCc1ccc(F)cc1CSC.I. The summed E-state index contributed by atoms with van der Waals surface area (Å²) in [5.74, 6) is 1.23. The van der Waals surface area contributed by atoms with Crippen LogP contribution in [0, 0.1) is 17.1 Å². The first-order valence-corrected chi connectivity index (χ1v) is 9.25. The van der Waals surface area contributed by atoms with E-state index in [1.165, 1.54) is 6.07 Å². The summed E-state index contributed by atoms with van der Waals surface area (Å²) in [6.45, 7) is 1.18. The van der Waals surface area contributed by atoms with Gasteiger partial charge in [0.1, 0.15) is 5.82 Å². The maximum absolute atomic E-state index is 13.4. The van der Waals surface area contributed by atoms with Gasteiger partial charge in [0, 0.05) is 25.9 Å². The number of nitriles is 1. The third-order valence-corrected chi connectivity index (χ3v) is 4.28. The molecule has 0 radical (unpaired) electrons. The maximum atomic E-state index is 13.4. The van der Waals surface area contributed by atoms with Gasteiger partial charge < -0.3 is 10.6 Å². The van der Waals surface area contributed by atoms with Crippen molar-refractivity contribution in [3.8, 4) is 6.07 Å². The molecule has 0 heterocycles. The molecular formula is C19H22FIN4S. The van der Waals surface area contributed by atoms with Gasteiger partial charge >= 0.3 is 0 Å². The van der Waals surface area contributed by atoms with E-state index in [1.807, 2.05) is 24.5 Å². The Kier molecular flexibility index (Phi) is 10.1.